The van der Waals surface area contributed by atoms with Crippen LogP contribution in [0.15, 0.2) is 30.6 Å². The number of aromatic nitrogens is 2. The first kappa shape index (κ1) is 19.5. The summed E-state index contributed by atoms with van der Waals surface area (Å²) in [4.78, 5) is 20.2. The number of rotatable bonds is 10. The summed E-state index contributed by atoms with van der Waals surface area (Å²) in [6.45, 7) is 1.65. The molecule has 2 aromatic rings. The number of benzene rings is 1. The number of carbonyl (C=O) groups excluding carboxylic acids is 1. The molecule has 0 saturated carbocycles. The van der Waals surface area contributed by atoms with Crippen LogP contribution in [0.4, 0.5) is 5.82 Å². The number of anilines is 1. The molecular formula is C18H24N4O4. The molecule has 1 amide bonds. The van der Waals surface area contributed by atoms with Crippen LogP contribution in [0.1, 0.15) is 22.5 Å². The molecule has 0 spiro atoms. The smallest absolute Gasteiger partial charge is 0.270 e. The van der Waals surface area contributed by atoms with Gasteiger partial charge in [0.25, 0.3) is 5.91 Å². The fourth-order valence-corrected chi connectivity index (χ4v) is 2.27. The summed E-state index contributed by atoms with van der Waals surface area (Å²) in [6.07, 6.45) is 2.11. The Bertz CT molecular complexity index is 724. The van der Waals surface area contributed by atoms with E-state index in [0.29, 0.717) is 42.7 Å². The molecule has 8 heteroatoms. The maximum absolute atomic E-state index is 12.1. The van der Waals surface area contributed by atoms with Gasteiger partial charge in [-0.25, -0.2) is 9.97 Å². The van der Waals surface area contributed by atoms with Gasteiger partial charge in [0.05, 0.1) is 14.2 Å². The zero-order chi connectivity index (χ0) is 18.8. The first-order valence-corrected chi connectivity index (χ1v) is 8.22. The Hall–Kier alpha value is -2.87. The van der Waals surface area contributed by atoms with Crippen molar-refractivity contribution in [2.24, 2.45) is 0 Å². The van der Waals surface area contributed by atoms with Crippen molar-refractivity contribution >= 4 is 11.7 Å². The van der Waals surface area contributed by atoms with Crippen molar-refractivity contribution < 1.29 is 19.0 Å². The third-order valence-electron chi connectivity index (χ3n) is 3.63. The number of ether oxygens (including phenoxy) is 3. The van der Waals surface area contributed by atoms with Gasteiger partial charge in [0.15, 0.2) is 11.5 Å². The highest BCUT2D eigenvalue weighted by molar-refractivity contribution is 5.92. The molecule has 0 bridgehead atoms. The highest BCUT2D eigenvalue weighted by Gasteiger charge is 2.09. The zero-order valence-corrected chi connectivity index (χ0v) is 15.2. The van der Waals surface area contributed by atoms with E-state index in [0.717, 1.165) is 12.0 Å². The van der Waals surface area contributed by atoms with Gasteiger partial charge in [0.1, 0.15) is 17.8 Å². The molecule has 140 valence electrons. The second-order valence-electron chi connectivity index (χ2n) is 5.43. The van der Waals surface area contributed by atoms with E-state index in [9.17, 15) is 4.79 Å². The quantitative estimate of drug-likeness (QED) is 0.625. The van der Waals surface area contributed by atoms with Gasteiger partial charge in [-0.1, -0.05) is 6.07 Å². The van der Waals surface area contributed by atoms with E-state index in [1.165, 1.54) is 6.33 Å². The number of nitrogens with zero attached hydrogens (tertiary/aromatic N) is 2. The molecule has 1 aromatic carbocycles. The van der Waals surface area contributed by atoms with Crippen LogP contribution in [0.2, 0.25) is 0 Å². The van der Waals surface area contributed by atoms with Crippen LogP contribution in [-0.4, -0.2) is 50.4 Å². The lowest BCUT2D eigenvalue weighted by Crippen LogP contribution is -2.26. The largest absolute Gasteiger partial charge is 0.493 e. The Morgan fingerprint density at radius 3 is 2.62 bits per heavy atom. The Labute approximate surface area is 152 Å². The fourth-order valence-electron chi connectivity index (χ4n) is 2.27. The number of nitrogens with one attached hydrogen (secondary N) is 2. The van der Waals surface area contributed by atoms with Gasteiger partial charge in [-0.3, -0.25) is 4.79 Å². The molecule has 0 aliphatic heterocycles. The zero-order valence-electron chi connectivity index (χ0n) is 15.2. The number of hydrogen-bond acceptors (Lipinski definition) is 7. The van der Waals surface area contributed by atoms with Crippen molar-refractivity contribution in [2.45, 2.75) is 13.0 Å². The highest BCUT2D eigenvalue weighted by Crippen LogP contribution is 2.27. The van der Waals surface area contributed by atoms with Crippen molar-refractivity contribution in [3.63, 3.8) is 0 Å². The van der Waals surface area contributed by atoms with E-state index < -0.39 is 0 Å². The first-order valence-electron chi connectivity index (χ1n) is 8.22. The van der Waals surface area contributed by atoms with Crippen molar-refractivity contribution in [3.8, 4) is 11.5 Å². The van der Waals surface area contributed by atoms with E-state index in [-0.39, 0.29) is 5.91 Å². The van der Waals surface area contributed by atoms with Crippen molar-refractivity contribution in [1.82, 2.24) is 15.3 Å². The van der Waals surface area contributed by atoms with Crippen molar-refractivity contribution in [2.75, 3.05) is 39.8 Å². The number of amides is 1. The number of carbonyl (C=O) groups is 1. The Morgan fingerprint density at radius 2 is 1.88 bits per heavy atom. The summed E-state index contributed by atoms with van der Waals surface area (Å²) in [5.41, 5.74) is 1.30. The van der Waals surface area contributed by atoms with E-state index in [2.05, 4.69) is 20.6 Å². The molecule has 0 atom stereocenters. The Kier molecular flexibility index (Phi) is 7.63. The summed E-state index contributed by atoms with van der Waals surface area (Å²) in [6, 6.07) is 7.27. The Balaban J connectivity index is 1.95. The summed E-state index contributed by atoms with van der Waals surface area (Å²) in [7, 11) is 4.82. The standard InChI is InChI=1S/C18H24N4O4/c1-24-8-4-7-19-18(23)14-10-17(22-12-21-14)20-11-13-5-6-15(25-2)16(9-13)26-3/h5-6,9-10,12H,4,7-8,11H2,1-3H3,(H,19,23)(H,20,21,22). The lowest BCUT2D eigenvalue weighted by Gasteiger charge is -2.11. The van der Waals surface area contributed by atoms with Crippen LogP contribution in [0, 0.1) is 0 Å². The first-order chi connectivity index (χ1) is 12.7. The molecule has 0 radical (unpaired) electrons. The minimum absolute atomic E-state index is 0.238. The average molecular weight is 360 g/mol. The minimum Gasteiger partial charge on any atom is -0.493 e. The molecule has 2 rings (SSSR count). The van der Waals surface area contributed by atoms with Crippen molar-refractivity contribution in [1.29, 1.82) is 0 Å². The normalized spacial score (nSPS) is 10.3. The fraction of sp³-hybridized carbons (Fsp3) is 0.389. The van der Waals surface area contributed by atoms with Gasteiger partial charge in [-0.15, -0.1) is 0 Å². The van der Waals surface area contributed by atoms with Crippen LogP contribution in [0.5, 0.6) is 11.5 Å². The third-order valence-corrected chi connectivity index (χ3v) is 3.63. The number of hydrogen-bond donors (Lipinski definition) is 2. The molecule has 8 nitrogen and oxygen atoms in total. The lowest BCUT2D eigenvalue weighted by molar-refractivity contribution is 0.0943. The minimum atomic E-state index is -0.238. The molecule has 1 aromatic heterocycles. The second kappa shape index (κ2) is 10.2. The topological polar surface area (TPSA) is 94.6 Å². The van der Waals surface area contributed by atoms with E-state index in [1.54, 1.807) is 27.4 Å². The van der Waals surface area contributed by atoms with Gasteiger partial charge < -0.3 is 24.8 Å². The van der Waals surface area contributed by atoms with Gasteiger partial charge >= 0.3 is 0 Å². The van der Waals surface area contributed by atoms with E-state index in [4.69, 9.17) is 14.2 Å². The van der Waals surface area contributed by atoms with Crippen LogP contribution in [0.3, 0.4) is 0 Å². The second-order valence-corrected chi connectivity index (χ2v) is 5.43. The summed E-state index contributed by atoms with van der Waals surface area (Å²) in [5.74, 6) is 1.66. The van der Waals surface area contributed by atoms with Crippen molar-refractivity contribution in [3.05, 3.63) is 41.9 Å². The average Bonchev–Trinajstić information content (AvgIpc) is 2.69. The number of methoxy groups -OCH3 is 3. The molecule has 0 fully saturated rings. The SMILES string of the molecule is COCCCNC(=O)c1cc(NCc2ccc(OC)c(OC)c2)ncn1. The van der Waals surface area contributed by atoms with Gasteiger partial charge in [-0.05, 0) is 24.1 Å². The molecule has 0 aliphatic rings. The molecule has 0 aliphatic carbocycles. The predicted octanol–water partition coefficient (Wildman–Crippen LogP) is 1.87. The van der Waals surface area contributed by atoms with E-state index >= 15 is 0 Å². The Morgan fingerprint density at radius 1 is 1.08 bits per heavy atom. The highest BCUT2D eigenvalue weighted by atomic mass is 16.5. The van der Waals surface area contributed by atoms with Crippen LogP contribution in [-0.2, 0) is 11.3 Å². The molecule has 1 heterocycles. The molecule has 0 saturated heterocycles. The van der Waals surface area contributed by atoms with E-state index in [1.807, 2.05) is 18.2 Å². The van der Waals surface area contributed by atoms with Crippen LogP contribution >= 0.6 is 0 Å². The van der Waals surface area contributed by atoms with Gasteiger partial charge in [0.2, 0.25) is 0 Å². The van der Waals surface area contributed by atoms with Gasteiger partial charge in [-0.2, -0.15) is 0 Å². The van der Waals surface area contributed by atoms with Gasteiger partial charge in [0, 0.05) is 32.9 Å². The maximum Gasteiger partial charge on any atom is 0.270 e. The van der Waals surface area contributed by atoms with Crippen LogP contribution in [0.25, 0.3) is 0 Å². The van der Waals surface area contributed by atoms with Crippen LogP contribution < -0.4 is 20.1 Å². The molecule has 0 unspecified atom stereocenters. The molecule has 26 heavy (non-hydrogen) atoms. The summed E-state index contributed by atoms with van der Waals surface area (Å²) < 4.78 is 15.5. The summed E-state index contributed by atoms with van der Waals surface area (Å²) >= 11 is 0. The molecule has 2 N–H and O–H groups in total. The third kappa shape index (κ3) is 5.59. The maximum atomic E-state index is 12.1. The summed E-state index contributed by atoms with van der Waals surface area (Å²) in [5, 5.41) is 5.97. The molecular weight excluding hydrogens is 336 g/mol. The predicted molar refractivity (Wildman–Crippen MR) is 97.7 cm³/mol. The lowest BCUT2D eigenvalue weighted by atomic mass is 10.2. The monoisotopic (exact) mass is 360 g/mol.